The number of rotatable bonds is 5. The maximum atomic E-state index is 12.4. The molecule has 3 heterocycles. The van der Waals surface area contributed by atoms with Crippen LogP contribution in [0, 0.1) is 12.8 Å². The van der Waals surface area contributed by atoms with Gasteiger partial charge >= 0.3 is 0 Å². The average molecular weight is 391 g/mol. The average Bonchev–Trinajstić information content (AvgIpc) is 3.37. The predicted octanol–water partition coefficient (Wildman–Crippen LogP) is 0.770. The fraction of sp³-hybridized carbons (Fsp3) is 0.588. The van der Waals surface area contributed by atoms with Crippen LogP contribution >= 0.6 is 11.3 Å². The van der Waals surface area contributed by atoms with E-state index < -0.39 is 5.41 Å². The molecule has 2 aliphatic rings. The fourth-order valence-corrected chi connectivity index (χ4v) is 4.83. The van der Waals surface area contributed by atoms with E-state index in [0.717, 1.165) is 6.42 Å². The van der Waals surface area contributed by atoms with E-state index in [1.165, 1.54) is 18.4 Å². The minimum absolute atomic E-state index is 0.0314. The predicted molar refractivity (Wildman–Crippen MR) is 95.3 cm³/mol. The van der Waals surface area contributed by atoms with E-state index in [1.807, 2.05) is 0 Å². The van der Waals surface area contributed by atoms with Gasteiger partial charge in [0, 0.05) is 31.6 Å². The highest BCUT2D eigenvalue weighted by Crippen LogP contribution is 2.50. The normalized spacial score (nSPS) is 27.0. The van der Waals surface area contributed by atoms with Crippen molar-refractivity contribution in [3.8, 4) is 0 Å². The van der Waals surface area contributed by atoms with Crippen LogP contribution in [0.5, 0.6) is 0 Å². The van der Waals surface area contributed by atoms with Gasteiger partial charge in [-0.2, -0.15) is 4.98 Å². The van der Waals surface area contributed by atoms with Gasteiger partial charge in [-0.15, -0.1) is 11.3 Å². The second-order valence-electron chi connectivity index (χ2n) is 7.19. The van der Waals surface area contributed by atoms with E-state index in [-0.39, 0.29) is 30.4 Å². The molecule has 1 aliphatic carbocycles. The van der Waals surface area contributed by atoms with Crippen LogP contribution in [0.3, 0.4) is 0 Å². The molecule has 0 bridgehead atoms. The second-order valence-corrected chi connectivity index (χ2v) is 7.91. The van der Waals surface area contributed by atoms with Crippen LogP contribution < -0.4 is 5.32 Å². The van der Waals surface area contributed by atoms with Crippen molar-refractivity contribution in [3.63, 3.8) is 0 Å². The summed E-state index contributed by atoms with van der Waals surface area (Å²) in [5, 5.41) is 8.74. The third-order valence-corrected chi connectivity index (χ3v) is 6.04. The van der Waals surface area contributed by atoms with Crippen LogP contribution in [-0.2, 0) is 14.9 Å². The zero-order chi connectivity index (χ0) is 19.0. The molecule has 0 unspecified atom stereocenters. The molecule has 4 rings (SSSR count). The molecule has 1 saturated carbocycles. The number of carbonyl (C=O) groups is 2. The van der Waals surface area contributed by atoms with Crippen molar-refractivity contribution >= 4 is 23.2 Å². The highest BCUT2D eigenvalue weighted by Gasteiger charge is 2.58. The number of aromatic nitrogens is 3. The number of ether oxygens (including phenoxy) is 1. The second kappa shape index (κ2) is 7.01. The quantitative estimate of drug-likeness (QED) is 0.801. The summed E-state index contributed by atoms with van der Waals surface area (Å²) in [6, 6.07) is -0.0314. The third-order valence-electron chi connectivity index (χ3n) is 5.45. The van der Waals surface area contributed by atoms with Crippen molar-refractivity contribution in [2.45, 2.75) is 31.2 Å². The molecule has 2 aromatic heterocycles. The fourth-order valence-electron chi connectivity index (χ4n) is 4.30. The Kier molecular flexibility index (Phi) is 4.68. The first-order chi connectivity index (χ1) is 13.0. The molecule has 0 spiro atoms. The number of carbonyl (C=O) groups excluding carboxylic acids is 2. The Labute approximate surface area is 160 Å². The Morgan fingerprint density at radius 1 is 1.52 bits per heavy atom. The van der Waals surface area contributed by atoms with E-state index in [9.17, 15) is 9.59 Å². The van der Waals surface area contributed by atoms with Crippen molar-refractivity contribution in [2.75, 3.05) is 26.8 Å². The summed E-state index contributed by atoms with van der Waals surface area (Å²) in [6.07, 6.45) is 1.39. The molecule has 1 aliphatic heterocycles. The van der Waals surface area contributed by atoms with Crippen molar-refractivity contribution in [3.05, 3.63) is 28.3 Å². The molecule has 144 valence electrons. The van der Waals surface area contributed by atoms with Gasteiger partial charge in [0.25, 0.3) is 5.91 Å². The lowest BCUT2D eigenvalue weighted by Gasteiger charge is -2.25. The summed E-state index contributed by atoms with van der Waals surface area (Å²) < 4.78 is 10.5. The number of thiazole rings is 1. The number of amides is 2. The lowest BCUT2D eigenvalue weighted by Crippen LogP contribution is -2.40. The molecule has 3 atom stereocenters. The van der Waals surface area contributed by atoms with Crippen molar-refractivity contribution in [2.24, 2.45) is 5.92 Å². The van der Waals surface area contributed by atoms with Gasteiger partial charge in [-0.25, -0.2) is 4.98 Å². The van der Waals surface area contributed by atoms with Crippen LogP contribution in [0.1, 0.15) is 35.0 Å². The van der Waals surface area contributed by atoms with Crippen LogP contribution in [0.25, 0.3) is 0 Å². The number of hydrogen-bond donors (Lipinski definition) is 1. The van der Waals surface area contributed by atoms with Gasteiger partial charge in [-0.1, -0.05) is 5.16 Å². The number of fused-ring (bicyclic) bond motifs is 1. The van der Waals surface area contributed by atoms with Gasteiger partial charge in [-0.3, -0.25) is 9.59 Å². The standard InChI is InChI=1S/C17H21N5O4S/c1-10-19-16(26-21-10)17-4-12(20-15(24)13-7-27-9-18-13)3-11(17)5-22(8-17)14(23)6-25-2/h7,9,11-12H,3-6,8H2,1-2H3,(H,20,24)/t11-,12+,17-/m0/s1. The van der Waals surface area contributed by atoms with Crippen molar-refractivity contribution in [1.82, 2.24) is 25.3 Å². The molecule has 2 aromatic rings. The van der Waals surface area contributed by atoms with Gasteiger partial charge in [-0.05, 0) is 25.7 Å². The number of aryl methyl sites for hydroxylation is 1. The SMILES string of the molecule is COCC(=O)N1C[C@@H]2C[C@@H](NC(=O)c3cscn3)C[C@]2(c2nc(C)no2)C1. The van der Waals surface area contributed by atoms with Crippen molar-refractivity contribution in [1.29, 1.82) is 0 Å². The smallest absolute Gasteiger partial charge is 0.270 e. The Bertz CT molecular complexity index is 838. The van der Waals surface area contributed by atoms with E-state index in [4.69, 9.17) is 9.26 Å². The summed E-state index contributed by atoms with van der Waals surface area (Å²) in [5.41, 5.74) is 1.63. The highest BCUT2D eigenvalue weighted by atomic mass is 32.1. The molecule has 0 aromatic carbocycles. The lowest BCUT2D eigenvalue weighted by molar-refractivity contribution is -0.134. The number of likely N-dealkylation sites (tertiary alicyclic amines) is 1. The minimum Gasteiger partial charge on any atom is -0.375 e. The molecule has 9 nitrogen and oxygen atoms in total. The molecule has 2 amide bonds. The molecule has 1 N–H and O–H groups in total. The van der Waals surface area contributed by atoms with E-state index in [1.54, 1.807) is 22.7 Å². The molecule has 1 saturated heterocycles. The van der Waals surface area contributed by atoms with E-state index >= 15 is 0 Å². The third kappa shape index (κ3) is 3.23. The highest BCUT2D eigenvalue weighted by molar-refractivity contribution is 7.07. The van der Waals surface area contributed by atoms with Crippen molar-refractivity contribution < 1.29 is 18.8 Å². The maximum absolute atomic E-state index is 12.4. The summed E-state index contributed by atoms with van der Waals surface area (Å²) >= 11 is 1.39. The first-order valence-corrected chi connectivity index (χ1v) is 9.72. The Balaban J connectivity index is 1.55. The van der Waals surface area contributed by atoms with Crippen LogP contribution in [0.2, 0.25) is 0 Å². The molecular weight excluding hydrogens is 370 g/mol. The molecular formula is C17H21N5O4S. The molecule has 27 heavy (non-hydrogen) atoms. The Morgan fingerprint density at radius 2 is 2.37 bits per heavy atom. The topological polar surface area (TPSA) is 110 Å². The Morgan fingerprint density at radius 3 is 3.04 bits per heavy atom. The van der Waals surface area contributed by atoms with Crippen LogP contribution in [-0.4, -0.2) is 64.7 Å². The van der Waals surface area contributed by atoms with Gasteiger partial charge in [0.2, 0.25) is 11.8 Å². The Hall–Kier alpha value is -2.33. The number of nitrogens with one attached hydrogen (secondary N) is 1. The minimum atomic E-state index is -0.440. The van der Waals surface area contributed by atoms with Gasteiger partial charge in [0.05, 0.1) is 10.9 Å². The zero-order valence-electron chi connectivity index (χ0n) is 15.2. The van der Waals surface area contributed by atoms with E-state index in [2.05, 4.69) is 20.4 Å². The summed E-state index contributed by atoms with van der Waals surface area (Å²) in [5.74, 6) is 1.02. The number of methoxy groups -OCH3 is 1. The number of nitrogens with zero attached hydrogens (tertiary/aromatic N) is 4. The maximum Gasteiger partial charge on any atom is 0.270 e. The monoisotopic (exact) mass is 391 g/mol. The van der Waals surface area contributed by atoms with Crippen LogP contribution in [0.15, 0.2) is 15.4 Å². The molecule has 0 radical (unpaired) electrons. The summed E-state index contributed by atoms with van der Waals surface area (Å²) in [6.45, 7) is 2.91. The summed E-state index contributed by atoms with van der Waals surface area (Å²) in [7, 11) is 1.51. The first-order valence-electron chi connectivity index (χ1n) is 8.78. The zero-order valence-corrected chi connectivity index (χ0v) is 16.0. The number of hydrogen-bond acceptors (Lipinski definition) is 8. The summed E-state index contributed by atoms with van der Waals surface area (Å²) in [4.78, 5) is 35.0. The van der Waals surface area contributed by atoms with Gasteiger partial charge < -0.3 is 19.5 Å². The molecule has 2 fully saturated rings. The first kappa shape index (κ1) is 18.1. The van der Waals surface area contributed by atoms with Gasteiger partial charge in [0.15, 0.2) is 5.82 Å². The van der Waals surface area contributed by atoms with Gasteiger partial charge in [0.1, 0.15) is 12.3 Å². The van der Waals surface area contributed by atoms with E-state index in [0.29, 0.717) is 36.9 Å². The molecule has 10 heteroatoms. The lowest BCUT2D eigenvalue weighted by atomic mass is 9.80. The largest absolute Gasteiger partial charge is 0.375 e. The van der Waals surface area contributed by atoms with Crippen LogP contribution in [0.4, 0.5) is 0 Å².